The highest BCUT2D eigenvalue weighted by Crippen LogP contribution is 2.18. The topological polar surface area (TPSA) is 55.1 Å². The Hall–Kier alpha value is -2.69. The van der Waals surface area contributed by atoms with Gasteiger partial charge in [-0.05, 0) is 42.3 Å². The maximum Gasteiger partial charge on any atom is 0.224 e. The first-order valence-electron chi connectivity index (χ1n) is 6.58. The first kappa shape index (κ1) is 13.3. The largest absolute Gasteiger partial charge is 0.443 e. The van der Waals surface area contributed by atoms with E-state index in [4.69, 9.17) is 4.42 Å². The molecule has 5 heteroatoms. The van der Waals surface area contributed by atoms with Crippen molar-refractivity contribution in [1.29, 1.82) is 0 Å². The van der Waals surface area contributed by atoms with Crippen molar-refractivity contribution in [3.05, 3.63) is 60.2 Å². The number of carbonyl (C=O) groups excluding carboxylic acids is 1. The van der Waals surface area contributed by atoms with Crippen molar-refractivity contribution in [2.24, 2.45) is 0 Å². The third-order valence-corrected chi connectivity index (χ3v) is 3.14. The number of benzene rings is 2. The normalized spacial score (nSPS) is 10.7. The minimum Gasteiger partial charge on any atom is -0.443 e. The zero-order valence-corrected chi connectivity index (χ0v) is 11.2. The predicted molar refractivity (Wildman–Crippen MR) is 77.4 cm³/mol. The minimum absolute atomic E-state index is 0.123. The number of carbonyl (C=O) groups is 1. The Morgan fingerprint density at radius 2 is 2.14 bits per heavy atom. The summed E-state index contributed by atoms with van der Waals surface area (Å²) in [5, 5.41) is 2.79. The second kappa shape index (κ2) is 5.75. The zero-order valence-electron chi connectivity index (χ0n) is 11.2. The maximum absolute atomic E-state index is 13.0. The second-order valence-electron chi connectivity index (χ2n) is 4.71. The molecule has 21 heavy (non-hydrogen) atoms. The number of nitrogens with zero attached hydrogens (tertiary/aromatic N) is 1. The fourth-order valence-corrected chi connectivity index (χ4v) is 2.11. The average molecular weight is 284 g/mol. The molecule has 1 amide bonds. The third-order valence-electron chi connectivity index (χ3n) is 3.14. The van der Waals surface area contributed by atoms with E-state index in [9.17, 15) is 9.18 Å². The van der Waals surface area contributed by atoms with Crippen LogP contribution < -0.4 is 5.32 Å². The molecule has 0 spiro atoms. The Morgan fingerprint density at radius 1 is 1.24 bits per heavy atom. The summed E-state index contributed by atoms with van der Waals surface area (Å²) in [6, 6.07) is 11.5. The maximum atomic E-state index is 13.0. The van der Waals surface area contributed by atoms with Crippen molar-refractivity contribution in [3.8, 4) is 0 Å². The molecule has 0 atom stereocenters. The van der Waals surface area contributed by atoms with Gasteiger partial charge in [0.1, 0.15) is 11.3 Å². The van der Waals surface area contributed by atoms with Crippen molar-refractivity contribution in [2.45, 2.75) is 12.8 Å². The first-order chi connectivity index (χ1) is 10.2. The number of aryl methyl sites for hydroxylation is 1. The Bertz CT molecular complexity index is 783. The molecule has 0 unspecified atom stereocenters. The molecule has 1 N–H and O–H groups in total. The standard InChI is InChI=1S/C16H13FN2O2/c17-12-3-1-2-11(8-12)4-7-16(20)19-13-5-6-15-14(9-13)18-10-21-15/h1-3,5-6,8-10H,4,7H2,(H,19,20). The van der Waals surface area contributed by atoms with Gasteiger partial charge in [-0.3, -0.25) is 4.79 Å². The molecule has 2 aromatic carbocycles. The van der Waals surface area contributed by atoms with Gasteiger partial charge < -0.3 is 9.73 Å². The zero-order chi connectivity index (χ0) is 14.7. The number of aromatic nitrogens is 1. The molecule has 0 aliphatic carbocycles. The van der Waals surface area contributed by atoms with Crippen molar-refractivity contribution in [2.75, 3.05) is 5.32 Å². The van der Waals surface area contributed by atoms with Gasteiger partial charge in [0.2, 0.25) is 5.91 Å². The molecule has 4 nitrogen and oxygen atoms in total. The number of rotatable bonds is 4. The Morgan fingerprint density at radius 3 is 3.00 bits per heavy atom. The molecule has 1 heterocycles. The molecule has 106 valence electrons. The summed E-state index contributed by atoms with van der Waals surface area (Å²) < 4.78 is 18.2. The summed E-state index contributed by atoms with van der Waals surface area (Å²) in [4.78, 5) is 15.9. The van der Waals surface area contributed by atoms with E-state index in [-0.39, 0.29) is 11.7 Å². The Kier molecular flexibility index (Phi) is 3.64. The highest BCUT2D eigenvalue weighted by molar-refractivity contribution is 5.92. The third kappa shape index (κ3) is 3.25. The predicted octanol–water partition coefficient (Wildman–Crippen LogP) is 3.54. The summed E-state index contributed by atoms with van der Waals surface area (Å²) >= 11 is 0. The van der Waals surface area contributed by atoms with Crippen molar-refractivity contribution in [3.63, 3.8) is 0 Å². The SMILES string of the molecule is O=C(CCc1cccc(F)c1)Nc1ccc2ocnc2c1. The smallest absolute Gasteiger partial charge is 0.224 e. The van der Waals surface area contributed by atoms with E-state index in [0.29, 0.717) is 29.6 Å². The van der Waals surface area contributed by atoms with Gasteiger partial charge in [0.15, 0.2) is 12.0 Å². The summed E-state index contributed by atoms with van der Waals surface area (Å²) in [5.41, 5.74) is 2.84. The highest BCUT2D eigenvalue weighted by atomic mass is 19.1. The van der Waals surface area contributed by atoms with Crippen LogP contribution in [-0.2, 0) is 11.2 Å². The molecule has 3 rings (SSSR count). The summed E-state index contributed by atoms with van der Waals surface area (Å²) in [6.45, 7) is 0. The number of hydrogen-bond acceptors (Lipinski definition) is 3. The number of nitrogens with one attached hydrogen (secondary N) is 1. The van der Waals surface area contributed by atoms with E-state index in [1.165, 1.54) is 18.5 Å². The van der Waals surface area contributed by atoms with Gasteiger partial charge in [-0.2, -0.15) is 0 Å². The van der Waals surface area contributed by atoms with Crippen LogP contribution in [0.4, 0.5) is 10.1 Å². The van der Waals surface area contributed by atoms with Crippen LogP contribution in [0, 0.1) is 5.82 Å². The van der Waals surface area contributed by atoms with E-state index in [1.807, 2.05) is 0 Å². The van der Waals surface area contributed by atoms with Crippen molar-refractivity contribution < 1.29 is 13.6 Å². The number of halogens is 1. The van der Waals surface area contributed by atoms with E-state index in [1.54, 1.807) is 30.3 Å². The molecule has 0 aliphatic heterocycles. The van der Waals surface area contributed by atoms with Crippen molar-refractivity contribution >= 4 is 22.7 Å². The van der Waals surface area contributed by atoms with E-state index >= 15 is 0 Å². The summed E-state index contributed by atoms with van der Waals surface area (Å²) in [6.07, 6.45) is 2.15. The van der Waals surface area contributed by atoms with E-state index in [0.717, 1.165) is 5.56 Å². The second-order valence-corrected chi connectivity index (χ2v) is 4.71. The number of hydrogen-bond donors (Lipinski definition) is 1. The number of amides is 1. The first-order valence-corrected chi connectivity index (χ1v) is 6.58. The van der Waals surface area contributed by atoms with Crippen LogP contribution in [0.15, 0.2) is 53.3 Å². The van der Waals surface area contributed by atoms with Gasteiger partial charge in [-0.25, -0.2) is 9.37 Å². The van der Waals surface area contributed by atoms with Crippen LogP contribution in [-0.4, -0.2) is 10.9 Å². The van der Waals surface area contributed by atoms with Crippen LogP contribution in [0.2, 0.25) is 0 Å². The number of anilines is 1. The molecule has 3 aromatic rings. The van der Waals surface area contributed by atoms with Crippen LogP contribution in [0.5, 0.6) is 0 Å². The van der Waals surface area contributed by atoms with Crippen LogP contribution >= 0.6 is 0 Å². The molecule has 0 saturated carbocycles. The van der Waals surface area contributed by atoms with Crippen LogP contribution in [0.1, 0.15) is 12.0 Å². The molecular weight excluding hydrogens is 271 g/mol. The minimum atomic E-state index is -0.288. The highest BCUT2D eigenvalue weighted by Gasteiger charge is 2.06. The number of fused-ring (bicyclic) bond motifs is 1. The monoisotopic (exact) mass is 284 g/mol. The summed E-state index contributed by atoms with van der Waals surface area (Å²) in [7, 11) is 0. The number of oxazole rings is 1. The van der Waals surface area contributed by atoms with Crippen LogP contribution in [0.25, 0.3) is 11.1 Å². The molecule has 0 radical (unpaired) electrons. The van der Waals surface area contributed by atoms with Gasteiger partial charge in [0, 0.05) is 12.1 Å². The van der Waals surface area contributed by atoms with Crippen LogP contribution in [0.3, 0.4) is 0 Å². The lowest BCUT2D eigenvalue weighted by Crippen LogP contribution is -2.12. The van der Waals surface area contributed by atoms with Gasteiger partial charge in [-0.1, -0.05) is 12.1 Å². The molecular formula is C16H13FN2O2. The lowest BCUT2D eigenvalue weighted by atomic mass is 10.1. The van der Waals surface area contributed by atoms with Gasteiger partial charge in [0.05, 0.1) is 0 Å². The fourth-order valence-electron chi connectivity index (χ4n) is 2.11. The lowest BCUT2D eigenvalue weighted by molar-refractivity contribution is -0.116. The Balaban J connectivity index is 1.60. The average Bonchev–Trinajstić information content (AvgIpc) is 2.93. The van der Waals surface area contributed by atoms with E-state index in [2.05, 4.69) is 10.3 Å². The fraction of sp³-hybridized carbons (Fsp3) is 0.125. The van der Waals surface area contributed by atoms with Gasteiger partial charge >= 0.3 is 0 Å². The van der Waals surface area contributed by atoms with Crippen molar-refractivity contribution in [1.82, 2.24) is 4.98 Å². The lowest BCUT2D eigenvalue weighted by Gasteiger charge is -2.05. The molecule has 0 aliphatic rings. The molecule has 0 bridgehead atoms. The molecule has 1 aromatic heterocycles. The molecule has 0 saturated heterocycles. The molecule has 0 fully saturated rings. The van der Waals surface area contributed by atoms with Gasteiger partial charge in [-0.15, -0.1) is 0 Å². The summed E-state index contributed by atoms with van der Waals surface area (Å²) in [5.74, 6) is -0.411. The van der Waals surface area contributed by atoms with Gasteiger partial charge in [0.25, 0.3) is 0 Å². The quantitative estimate of drug-likeness (QED) is 0.797. The Labute approximate surface area is 120 Å². The van der Waals surface area contributed by atoms with E-state index < -0.39 is 0 Å².